The Balaban J connectivity index is 3.38. The van der Waals surface area contributed by atoms with Gasteiger partial charge in [0.05, 0.1) is 18.2 Å². The van der Waals surface area contributed by atoms with Crippen LogP contribution >= 0.6 is 0 Å². The highest BCUT2D eigenvalue weighted by atomic mass is 16.6. The van der Waals surface area contributed by atoms with Crippen molar-refractivity contribution in [1.29, 1.82) is 0 Å². The Morgan fingerprint density at radius 3 is 2.28 bits per heavy atom. The van der Waals surface area contributed by atoms with Crippen molar-refractivity contribution in [3.8, 4) is 0 Å². The highest BCUT2D eigenvalue weighted by Gasteiger charge is 2.18. The van der Waals surface area contributed by atoms with Gasteiger partial charge in [-0.3, -0.25) is 9.59 Å². The number of aldehydes is 1. The molecule has 0 unspecified atom stereocenters. The van der Waals surface area contributed by atoms with Gasteiger partial charge in [-0.1, -0.05) is 0 Å². The molecule has 6 heteroatoms. The van der Waals surface area contributed by atoms with Crippen molar-refractivity contribution >= 4 is 24.7 Å². The third kappa shape index (κ3) is 2.60. The number of ether oxygens (including phenoxy) is 2. The van der Waals surface area contributed by atoms with E-state index in [0.717, 1.165) is 13.2 Å². The molecule has 0 atom stereocenters. The molecule has 18 heavy (non-hydrogen) atoms. The summed E-state index contributed by atoms with van der Waals surface area (Å²) >= 11 is 0. The number of carbonyl (C=O) groups excluding carboxylic acids is 4. The maximum absolute atomic E-state index is 11.4. The smallest absolute Gasteiger partial charge is 0.345 e. The lowest BCUT2D eigenvalue weighted by Crippen LogP contribution is -2.11. The third-order valence-electron chi connectivity index (χ3n) is 2.30. The first-order valence-electron chi connectivity index (χ1n) is 4.88. The van der Waals surface area contributed by atoms with Crippen LogP contribution in [0.15, 0.2) is 12.1 Å². The topological polar surface area (TPSA) is 86.7 Å². The van der Waals surface area contributed by atoms with E-state index in [1.807, 2.05) is 0 Å². The minimum Gasteiger partial charge on any atom is -0.465 e. The molecule has 0 saturated carbocycles. The van der Waals surface area contributed by atoms with Gasteiger partial charge in [-0.15, -0.1) is 0 Å². The summed E-state index contributed by atoms with van der Waals surface area (Å²) in [6.45, 7) is 1.54. The number of carbonyl (C=O) groups is 4. The van der Waals surface area contributed by atoms with Crippen LogP contribution in [0.1, 0.15) is 36.6 Å². The predicted molar refractivity (Wildman–Crippen MR) is 59.4 cm³/mol. The van der Waals surface area contributed by atoms with E-state index in [1.165, 1.54) is 6.07 Å². The second-order valence-corrected chi connectivity index (χ2v) is 3.37. The Morgan fingerprint density at radius 2 is 1.78 bits per heavy atom. The monoisotopic (exact) mass is 250 g/mol. The molecule has 0 N–H and O–H groups in total. The minimum atomic E-state index is -0.898. The van der Waals surface area contributed by atoms with Crippen molar-refractivity contribution in [2.24, 2.45) is 0 Å². The maximum Gasteiger partial charge on any atom is 0.345 e. The molecule has 0 heterocycles. The summed E-state index contributed by atoms with van der Waals surface area (Å²) in [4.78, 5) is 43.8. The van der Waals surface area contributed by atoms with Gasteiger partial charge in [0.15, 0.2) is 6.29 Å². The molecular formula is C12H10O6. The van der Waals surface area contributed by atoms with E-state index in [4.69, 9.17) is 0 Å². The summed E-state index contributed by atoms with van der Waals surface area (Å²) in [5, 5.41) is 0. The van der Waals surface area contributed by atoms with E-state index in [1.54, 1.807) is 6.92 Å². The van der Waals surface area contributed by atoms with Crippen LogP contribution < -0.4 is 0 Å². The average Bonchev–Trinajstić information content (AvgIpc) is 2.37. The average molecular weight is 250 g/mol. The summed E-state index contributed by atoms with van der Waals surface area (Å²) in [5.74, 6) is -1.65. The molecule has 0 amide bonds. The van der Waals surface area contributed by atoms with Crippen LogP contribution in [0.4, 0.5) is 0 Å². The molecule has 0 aromatic heterocycles. The standard InChI is InChI=1S/C12H10O6/c1-7-3-8(5-13)10(11(15)17-2)4-9(7)12(16)18-6-14/h3-6H,1-2H3. The van der Waals surface area contributed by atoms with Gasteiger partial charge in [-0.25, -0.2) is 9.59 Å². The van der Waals surface area contributed by atoms with Crippen molar-refractivity contribution in [2.75, 3.05) is 7.11 Å². The van der Waals surface area contributed by atoms with Crippen LogP contribution in [-0.2, 0) is 14.3 Å². The quantitative estimate of drug-likeness (QED) is 0.448. The van der Waals surface area contributed by atoms with Gasteiger partial charge < -0.3 is 9.47 Å². The van der Waals surface area contributed by atoms with Gasteiger partial charge in [0.25, 0.3) is 0 Å². The van der Waals surface area contributed by atoms with E-state index in [0.29, 0.717) is 11.8 Å². The molecule has 6 nitrogen and oxygen atoms in total. The third-order valence-corrected chi connectivity index (χ3v) is 2.30. The minimum absolute atomic E-state index is 0.00672. The molecule has 94 valence electrons. The number of benzene rings is 1. The van der Waals surface area contributed by atoms with E-state index in [2.05, 4.69) is 9.47 Å². The van der Waals surface area contributed by atoms with Crippen molar-refractivity contribution < 1.29 is 28.7 Å². The fraction of sp³-hybridized carbons (Fsp3) is 0.167. The van der Waals surface area contributed by atoms with Crippen LogP contribution in [0.25, 0.3) is 0 Å². The summed E-state index contributed by atoms with van der Waals surface area (Å²) in [6.07, 6.45) is 0.480. The molecule has 0 fully saturated rings. The van der Waals surface area contributed by atoms with E-state index in [-0.39, 0.29) is 23.2 Å². The molecule has 0 spiro atoms. The summed E-state index contributed by atoms with van der Waals surface area (Å²) in [7, 11) is 1.15. The number of esters is 2. The molecule has 0 saturated heterocycles. The molecule has 1 aromatic rings. The van der Waals surface area contributed by atoms with Gasteiger partial charge in [0, 0.05) is 5.56 Å². The first-order valence-corrected chi connectivity index (χ1v) is 4.88. The maximum atomic E-state index is 11.4. The molecule has 1 rings (SSSR count). The number of hydrogen-bond acceptors (Lipinski definition) is 6. The summed E-state index contributed by atoms with van der Waals surface area (Å²) < 4.78 is 8.68. The number of methoxy groups -OCH3 is 1. The second-order valence-electron chi connectivity index (χ2n) is 3.37. The number of hydrogen-bond donors (Lipinski definition) is 0. The Hall–Kier alpha value is -2.50. The normalized spacial score (nSPS) is 9.44. The van der Waals surface area contributed by atoms with Gasteiger partial charge in [0.2, 0.25) is 0 Å². The fourth-order valence-electron chi connectivity index (χ4n) is 1.44. The van der Waals surface area contributed by atoms with Gasteiger partial charge in [0.1, 0.15) is 0 Å². The van der Waals surface area contributed by atoms with E-state index in [9.17, 15) is 19.2 Å². The van der Waals surface area contributed by atoms with Crippen molar-refractivity contribution in [1.82, 2.24) is 0 Å². The molecular weight excluding hydrogens is 240 g/mol. The van der Waals surface area contributed by atoms with Gasteiger partial charge >= 0.3 is 18.4 Å². The molecule has 0 aliphatic heterocycles. The molecule has 0 aliphatic rings. The number of aryl methyl sites for hydroxylation is 1. The number of rotatable bonds is 4. The lowest BCUT2D eigenvalue weighted by molar-refractivity contribution is -0.123. The summed E-state index contributed by atoms with van der Waals surface area (Å²) in [6, 6.07) is 2.51. The lowest BCUT2D eigenvalue weighted by Gasteiger charge is -2.08. The Kier molecular flexibility index (Phi) is 4.31. The van der Waals surface area contributed by atoms with E-state index >= 15 is 0 Å². The summed E-state index contributed by atoms with van der Waals surface area (Å²) in [5.41, 5.74) is 0.475. The van der Waals surface area contributed by atoms with E-state index < -0.39 is 11.9 Å². The van der Waals surface area contributed by atoms with Crippen LogP contribution in [0.5, 0.6) is 0 Å². The molecule has 0 aliphatic carbocycles. The van der Waals surface area contributed by atoms with Crippen molar-refractivity contribution in [3.63, 3.8) is 0 Å². The SMILES string of the molecule is COC(=O)c1cc(C(=O)OC=O)c(C)cc1C=O. The largest absolute Gasteiger partial charge is 0.465 e. The Morgan fingerprint density at radius 1 is 1.11 bits per heavy atom. The Bertz CT molecular complexity index is 518. The zero-order chi connectivity index (χ0) is 13.7. The molecule has 1 aromatic carbocycles. The fourth-order valence-corrected chi connectivity index (χ4v) is 1.44. The first kappa shape index (κ1) is 13.6. The van der Waals surface area contributed by atoms with Crippen LogP contribution in [-0.4, -0.2) is 31.8 Å². The zero-order valence-corrected chi connectivity index (χ0v) is 9.76. The first-order chi connectivity index (χ1) is 8.54. The van der Waals surface area contributed by atoms with Crippen molar-refractivity contribution in [3.05, 3.63) is 34.4 Å². The van der Waals surface area contributed by atoms with Crippen LogP contribution in [0.2, 0.25) is 0 Å². The molecule has 0 radical (unpaired) electrons. The predicted octanol–water partition coefficient (Wildman–Crippen LogP) is 0.907. The Labute approximate surface area is 102 Å². The van der Waals surface area contributed by atoms with Crippen LogP contribution in [0, 0.1) is 6.92 Å². The van der Waals surface area contributed by atoms with Gasteiger partial charge in [-0.2, -0.15) is 0 Å². The highest BCUT2D eigenvalue weighted by molar-refractivity contribution is 6.02. The second kappa shape index (κ2) is 5.72. The van der Waals surface area contributed by atoms with Gasteiger partial charge in [-0.05, 0) is 24.6 Å². The van der Waals surface area contributed by atoms with Crippen molar-refractivity contribution in [2.45, 2.75) is 6.92 Å². The zero-order valence-electron chi connectivity index (χ0n) is 9.76. The van der Waals surface area contributed by atoms with Crippen LogP contribution in [0.3, 0.4) is 0 Å². The lowest BCUT2D eigenvalue weighted by atomic mass is 10.00. The highest BCUT2D eigenvalue weighted by Crippen LogP contribution is 2.17. The molecule has 0 bridgehead atoms.